The third kappa shape index (κ3) is 2.82. The fourth-order valence-electron chi connectivity index (χ4n) is 2.16. The lowest BCUT2D eigenvalue weighted by atomic mass is 10.0. The standard InChI is InChI=1S/C12H13N3O4S2/c1-19-6-5-21-11-8(14-7(20)3-2-4-13)10(16)15(11)9(6)12(17)18/h8,11H,2-3,5H2,1H3,(H,14,20)(H,17,18)/t8?,11-/m1/s1. The predicted molar refractivity (Wildman–Crippen MR) is 79.1 cm³/mol. The SMILES string of the molecule is COC1=C(C(=O)O)N2C(=O)C(NC(=S)CCC#N)[C@H]2SC1. The topological polar surface area (TPSA) is 103 Å². The molecule has 0 aliphatic carbocycles. The number of fused-ring (bicyclic) bond motifs is 1. The Labute approximate surface area is 130 Å². The first kappa shape index (κ1) is 15.6. The van der Waals surface area contributed by atoms with E-state index in [1.807, 2.05) is 6.07 Å². The lowest BCUT2D eigenvalue weighted by molar-refractivity contribution is -0.149. The molecule has 2 N–H and O–H groups in total. The number of carboxylic acid groups (broad SMARTS) is 1. The number of hydrogen-bond acceptors (Lipinski definition) is 6. The van der Waals surface area contributed by atoms with Gasteiger partial charge in [0.2, 0.25) is 0 Å². The van der Waals surface area contributed by atoms with Gasteiger partial charge < -0.3 is 15.2 Å². The van der Waals surface area contributed by atoms with Gasteiger partial charge in [0, 0.05) is 12.8 Å². The lowest BCUT2D eigenvalue weighted by Crippen LogP contribution is -2.70. The number of ether oxygens (including phenoxy) is 1. The summed E-state index contributed by atoms with van der Waals surface area (Å²) in [5, 5.41) is 20.3. The van der Waals surface area contributed by atoms with E-state index >= 15 is 0 Å². The number of nitrogens with zero attached hydrogens (tertiary/aromatic N) is 2. The highest BCUT2D eigenvalue weighted by Gasteiger charge is 2.54. The van der Waals surface area contributed by atoms with Crippen LogP contribution in [0, 0.1) is 11.3 Å². The fraction of sp³-hybridized carbons (Fsp3) is 0.500. The Kier molecular flexibility index (Phi) is 4.69. The predicted octanol–water partition coefficient (Wildman–Crippen LogP) is 0.433. The van der Waals surface area contributed by atoms with Gasteiger partial charge in [0.05, 0.1) is 23.9 Å². The van der Waals surface area contributed by atoms with E-state index < -0.39 is 12.0 Å². The molecule has 2 rings (SSSR count). The van der Waals surface area contributed by atoms with Crippen LogP contribution in [0.5, 0.6) is 0 Å². The molecule has 21 heavy (non-hydrogen) atoms. The van der Waals surface area contributed by atoms with E-state index in [0.29, 0.717) is 17.2 Å². The molecule has 0 saturated carbocycles. The molecule has 0 aromatic carbocycles. The van der Waals surface area contributed by atoms with Crippen LogP contribution in [0.25, 0.3) is 0 Å². The van der Waals surface area contributed by atoms with Crippen molar-refractivity contribution in [3.05, 3.63) is 11.5 Å². The van der Waals surface area contributed by atoms with Crippen molar-refractivity contribution in [1.82, 2.24) is 10.2 Å². The largest absolute Gasteiger partial charge is 0.498 e. The van der Waals surface area contributed by atoms with Crippen LogP contribution in [-0.2, 0) is 14.3 Å². The maximum Gasteiger partial charge on any atom is 0.356 e. The Bertz CT molecular complexity index is 569. The Morgan fingerprint density at radius 1 is 1.71 bits per heavy atom. The summed E-state index contributed by atoms with van der Waals surface area (Å²) in [6.07, 6.45) is 0.667. The normalized spacial score (nSPS) is 23.8. The fourth-order valence-corrected chi connectivity index (χ4v) is 3.70. The summed E-state index contributed by atoms with van der Waals surface area (Å²) in [5.74, 6) is -0.868. The number of β-lactam (4-membered cyclic amide) rings is 1. The number of carbonyl (C=O) groups is 2. The molecule has 7 nitrogen and oxygen atoms in total. The van der Waals surface area contributed by atoms with Gasteiger partial charge in [-0.3, -0.25) is 9.69 Å². The van der Waals surface area contributed by atoms with E-state index in [4.69, 9.17) is 22.2 Å². The molecule has 112 valence electrons. The van der Waals surface area contributed by atoms with Crippen LogP contribution in [0.3, 0.4) is 0 Å². The van der Waals surface area contributed by atoms with Crippen molar-refractivity contribution < 1.29 is 19.4 Å². The smallest absolute Gasteiger partial charge is 0.356 e. The summed E-state index contributed by atoms with van der Waals surface area (Å²) in [6, 6.07) is 1.43. The molecule has 1 fully saturated rings. The molecule has 2 aliphatic heterocycles. The molecule has 0 spiro atoms. The van der Waals surface area contributed by atoms with Crippen LogP contribution in [0.4, 0.5) is 0 Å². The summed E-state index contributed by atoms with van der Waals surface area (Å²) in [5.41, 5.74) is -0.104. The van der Waals surface area contributed by atoms with Gasteiger partial charge in [0.1, 0.15) is 17.2 Å². The van der Waals surface area contributed by atoms with Gasteiger partial charge in [-0.25, -0.2) is 4.79 Å². The Balaban J connectivity index is 2.10. The number of hydrogen-bond donors (Lipinski definition) is 2. The van der Waals surface area contributed by atoms with Crippen molar-refractivity contribution >= 4 is 40.8 Å². The molecule has 1 amide bonds. The van der Waals surface area contributed by atoms with Gasteiger partial charge >= 0.3 is 5.97 Å². The van der Waals surface area contributed by atoms with Crippen LogP contribution in [0.2, 0.25) is 0 Å². The van der Waals surface area contributed by atoms with Gasteiger partial charge in [-0.2, -0.15) is 5.26 Å². The summed E-state index contributed by atoms with van der Waals surface area (Å²) in [4.78, 5) is 25.1. The average molecular weight is 327 g/mol. The van der Waals surface area contributed by atoms with Gasteiger partial charge in [0.25, 0.3) is 5.91 Å². The highest BCUT2D eigenvalue weighted by molar-refractivity contribution is 8.00. The minimum absolute atomic E-state index is 0.104. The van der Waals surface area contributed by atoms with Crippen LogP contribution in [0.15, 0.2) is 11.5 Å². The third-order valence-corrected chi connectivity index (χ3v) is 4.74. The molecule has 0 aromatic heterocycles. The molecule has 0 aromatic rings. The Morgan fingerprint density at radius 3 is 3.00 bits per heavy atom. The number of amides is 1. The summed E-state index contributed by atoms with van der Waals surface area (Å²) < 4.78 is 5.04. The van der Waals surface area contributed by atoms with Gasteiger partial charge in [-0.1, -0.05) is 12.2 Å². The van der Waals surface area contributed by atoms with Crippen molar-refractivity contribution in [3.8, 4) is 6.07 Å². The van der Waals surface area contributed by atoms with E-state index in [2.05, 4.69) is 5.32 Å². The van der Waals surface area contributed by atoms with Crippen molar-refractivity contribution in [3.63, 3.8) is 0 Å². The number of nitriles is 1. The summed E-state index contributed by atoms with van der Waals surface area (Å²) in [7, 11) is 1.39. The highest BCUT2D eigenvalue weighted by atomic mass is 32.2. The number of carboxylic acids is 1. The van der Waals surface area contributed by atoms with Gasteiger partial charge in [0.15, 0.2) is 5.70 Å². The zero-order chi connectivity index (χ0) is 15.6. The van der Waals surface area contributed by atoms with Crippen LogP contribution >= 0.6 is 24.0 Å². The summed E-state index contributed by atoms with van der Waals surface area (Å²) in [6.45, 7) is 0. The first-order valence-electron chi connectivity index (χ1n) is 6.12. The van der Waals surface area contributed by atoms with Crippen molar-refractivity contribution in [2.45, 2.75) is 24.3 Å². The van der Waals surface area contributed by atoms with Crippen LogP contribution in [0.1, 0.15) is 12.8 Å². The molecule has 2 heterocycles. The Hall–Kier alpha value is -1.79. The minimum Gasteiger partial charge on any atom is -0.498 e. The number of thiocarbonyl (C=S) groups is 1. The van der Waals surface area contributed by atoms with Gasteiger partial charge in [-0.05, 0) is 0 Å². The van der Waals surface area contributed by atoms with E-state index in [1.54, 1.807) is 0 Å². The number of nitrogens with one attached hydrogen (secondary N) is 1. The quantitative estimate of drug-likeness (QED) is 0.554. The second kappa shape index (κ2) is 6.32. The molecule has 9 heteroatoms. The van der Waals surface area contributed by atoms with E-state index in [1.165, 1.54) is 23.8 Å². The van der Waals surface area contributed by atoms with Gasteiger partial charge in [-0.15, -0.1) is 11.8 Å². The number of carbonyl (C=O) groups excluding carboxylic acids is 1. The second-order valence-corrected chi connectivity index (χ2v) is 5.99. The molecular weight excluding hydrogens is 314 g/mol. The van der Waals surface area contributed by atoms with E-state index in [9.17, 15) is 14.7 Å². The molecular formula is C12H13N3O4S2. The van der Waals surface area contributed by atoms with Crippen LogP contribution < -0.4 is 5.32 Å². The maximum atomic E-state index is 12.2. The first-order valence-corrected chi connectivity index (χ1v) is 7.58. The van der Waals surface area contributed by atoms with Crippen LogP contribution in [-0.4, -0.2) is 51.1 Å². The minimum atomic E-state index is -1.18. The molecule has 2 aliphatic rings. The third-order valence-electron chi connectivity index (χ3n) is 3.16. The number of rotatable bonds is 5. The number of methoxy groups -OCH3 is 1. The summed E-state index contributed by atoms with van der Waals surface area (Å²) >= 11 is 6.49. The average Bonchev–Trinajstić information content (AvgIpc) is 2.48. The number of thioether (sulfide) groups is 1. The Morgan fingerprint density at radius 2 is 2.43 bits per heavy atom. The maximum absolute atomic E-state index is 12.2. The van der Waals surface area contributed by atoms with Crippen molar-refractivity contribution in [2.75, 3.05) is 12.9 Å². The second-order valence-electron chi connectivity index (χ2n) is 4.39. The van der Waals surface area contributed by atoms with E-state index in [0.717, 1.165) is 0 Å². The molecule has 0 bridgehead atoms. The van der Waals surface area contributed by atoms with Crippen molar-refractivity contribution in [1.29, 1.82) is 5.26 Å². The van der Waals surface area contributed by atoms with E-state index in [-0.39, 0.29) is 29.2 Å². The molecule has 2 atom stereocenters. The zero-order valence-electron chi connectivity index (χ0n) is 11.2. The number of aliphatic carboxylic acids is 1. The monoisotopic (exact) mass is 327 g/mol. The first-order chi connectivity index (χ1) is 10.0. The zero-order valence-corrected chi connectivity index (χ0v) is 12.8. The molecule has 1 saturated heterocycles. The lowest BCUT2D eigenvalue weighted by Gasteiger charge is -2.49. The highest BCUT2D eigenvalue weighted by Crippen LogP contribution is 2.40. The molecule has 0 radical (unpaired) electrons. The molecule has 1 unspecified atom stereocenters. The van der Waals surface area contributed by atoms with Crippen molar-refractivity contribution in [2.24, 2.45) is 0 Å².